The van der Waals surface area contributed by atoms with E-state index in [1.54, 1.807) is 19.2 Å². The van der Waals surface area contributed by atoms with Crippen molar-refractivity contribution in [2.45, 2.75) is 13.8 Å². The Labute approximate surface area is 112 Å². The van der Waals surface area contributed by atoms with E-state index in [0.29, 0.717) is 11.3 Å². The molecule has 2 aromatic rings. The number of carbonyl (C=O) groups excluding carboxylic acids is 1. The zero-order valence-electron chi connectivity index (χ0n) is 11.2. The first kappa shape index (κ1) is 13.1. The normalized spacial score (nSPS) is 10.3. The molecule has 0 aliphatic carbocycles. The molecule has 0 aliphatic rings. The van der Waals surface area contributed by atoms with Gasteiger partial charge in [0.1, 0.15) is 5.75 Å². The molecule has 0 spiro atoms. The number of hydrogen-bond donors (Lipinski definition) is 0. The number of aryl methyl sites for hydroxylation is 1. The largest absolute Gasteiger partial charge is 0.545 e. The summed E-state index contributed by atoms with van der Waals surface area (Å²) >= 11 is 0. The van der Waals surface area contributed by atoms with Crippen LogP contribution in [-0.4, -0.2) is 13.1 Å². The number of ether oxygens (including phenoxy) is 1. The van der Waals surface area contributed by atoms with Gasteiger partial charge in [0.15, 0.2) is 0 Å². The fourth-order valence-electron chi connectivity index (χ4n) is 2.18. The Morgan fingerprint density at radius 2 is 1.79 bits per heavy atom. The van der Waals surface area contributed by atoms with Crippen LogP contribution in [0.15, 0.2) is 36.4 Å². The van der Waals surface area contributed by atoms with Crippen molar-refractivity contribution < 1.29 is 14.6 Å². The van der Waals surface area contributed by atoms with E-state index in [-0.39, 0.29) is 5.56 Å². The molecular formula is C16H15O3-. The second-order valence-electron chi connectivity index (χ2n) is 4.42. The third-order valence-corrected chi connectivity index (χ3v) is 3.33. The van der Waals surface area contributed by atoms with Crippen molar-refractivity contribution in [1.29, 1.82) is 0 Å². The van der Waals surface area contributed by atoms with Crippen LogP contribution in [0.2, 0.25) is 0 Å². The molecule has 0 saturated heterocycles. The van der Waals surface area contributed by atoms with Gasteiger partial charge < -0.3 is 14.6 Å². The maximum Gasteiger partial charge on any atom is 0.126 e. The molecule has 3 heteroatoms. The number of carboxylic acid groups (broad SMARTS) is 1. The number of para-hydroxylation sites is 1. The van der Waals surface area contributed by atoms with Crippen molar-refractivity contribution in [2.24, 2.45) is 0 Å². The van der Waals surface area contributed by atoms with Crippen molar-refractivity contribution in [3.8, 4) is 16.9 Å². The highest BCUT2D eigenvalue weighted by Crippen LogP contribution is 2.35. The number of hydrogen-bond acceptors (Lipinski definition) is 3. The monoisotopic (exact) mass is 255 g/mol. The first-order valence-electron chi connectivity index (χ1n) is 6.01. The zero-order valence-corrected chi connectivity index (χ0v) is 11.2. The standard InChI is InChI=1S/C16H16O3/c1-10-8-9-13(16(17)18)15(11(10)2)12-6-4-5-7-14(12)19-3/h4-9H,1-3H3,(H,17,18)/p-1. The first-order valence-corrected chi connectivity index (χ1v) is 6.01. The smallest absolute Gasteiger partial charge is 0.126 e. The third kappa shape index (κ3) is 2.32. The summed E-state index contributed by atoms with van der Waals surface area (Å²) in [4.78, 5) is 11.3. The van der Waals surface area contributed by atoms with E-state index in [0.717, 1.165) is 16.7 Å². The highest BCUT2D eigenvalue weighted by molar-refractivity contribution is 5.97. The lowest BCUT2D eigenvalue weighted by Crippen LogP contribution is -2.23. The lowest BCUT2D eigenvalue weighted by molar-refractivity contribution is -0.254. The van der Waals surface area contributed by atoms with Gasteiger partial charge in [-0.15, -0.1) is 0 Å². The Morgan fingerprint density at radius 1 is 1.11 bits per heavy atom. The van der Waals surface area contributed by atoms with E-state index in [9.17, 15) is 9.90 Å². The summed E-state index contributed by atoms with van der Waals surface area (Å²) in [5.74, 6) is -0.525. The molecule has 19 heavy (non-hydrogen) atoms. The van der Waals surface area contributed by atoms with Crippen LogP contribution in [0.4, 0.5) is 0 Å². The van der Waals surface area contributed by atoms with E-state index in [4.69, 9.17) is 4.74 Å². The summed E-state index contributed by atoms with van der Waals surface area (Å²) in [6, 6.07) is 10.8. The van der Waals surface area contributed by atoms with Crippen molar-refractivity contribution in [2.75, 3.05) is 7.11 Å². The molecule has 0 radical (unpaired) electrons. The summed E-state index contributed by atoms with van der Waals surface area (Å²) in [5.41, 5.74) is 3.58. The zero-order chi connectivity index (χ0) is 14.0. The lowest BCUT2D eigenvalue weighted by atomic mass is 9.91. The SMILES string of the molecule is COc1ccccc1-c1c(C(=O)[O-])ccc(C)c1C. The highest BCUT2D eigenvalue weighted by atomic mass is 16.5. The first-order chi connectivity index (χ1) is 9.06. The number of aromatic carboxylic acids is 1. The molecule has 0 unspecified atom stereocenters. The van der Waals surface area contributed by atoms with E-state index in [1.807, 2.05) is 38.1 Å². The van der Waals surface area contributed by atoms with Crippen molar-refractivity contribution in [3.63, 3.8) is 0 Å². The van der Waals surface area contributed by atoms with Crippen LogP contribution < -0.4 is 9.84 Å². The second kappa shape index (κ2) is 5.14. The molecule has 3 nitrogen and oxygen atoms in total. The average molecular weight is 255 g/mol. The topological polar surface area (TPSA) is 49.4 Å². The highest BCUT2D eigenvalue weighted by Gasteiger charge is 2.14. The molecule has 0 aliphatic heterocycles. The van der Waals surface area contributed by atoms with Gasteiger partial charge in [-0.3, -0.25) is 0 Å². The summed E-state index contributed by atoms with van der Waals surface area (Å²) in [6.07, 6.45) is 0. The number of carboxylic acids is 1. The Hall–Kier alpha value is -2.29. The van der Waals surface area contributed by atoms with Crippen LogP contribution in [-0.2, 0) is 0 Å². The minimum atomic E-state index is -1.18. The Kier molecular flexibility index (Phi) is 3.56. The van der Waals surface area contributed by atoms with Gasteiger partial charge in [-0.25, -0.2) is 0 Å². The Morgan fingerprint density at radius 3 is 2.42 bits per heavy atom. The molecule has 2 aromatic carbocycles. The van der Waals surface area contributed by atoms with E-state index < -0.39 is 5.97 Å². The molecule has 2 rings (SSSR count). The fraction of sp³-hybridized carbons (Fsp3) is 0.188. The third-order valence-electron chi connectivity index (χ3n) is 3.33. The van der Waals surface area contributed by atoms with Gasteiger partial charge in [0.25, 0.3) is 0 Å². The van der Waals surface area contributed by atoms with Gasteiger partial charge in [0.2, 0.25) is 0 Å². The van der Waals surface area contributed by atoms with Gasteiger partial charge in [0.05, 0.1) is 13.1 Å². The van der Waals surface area contributed by atoms with E-state index in [1.165, 1.54) is 0 Å². The molecule has 0 heterocycles. The summed E-state index contributed by atoms with van der Waals surface area (Å²) < 4.78 is 5.32. The van der Waals surface area contributed by atoms with Crippen LogP contribution in [0.25, 0.3) is 11.1 Å². The van der Waals surface area contributed by atoms with Gasteiger partial charge in [-0.05, 0) is 36.6 Å². The quantitative estimate of drug-likeness (QED) is 0.845. The minimum absolute atomic E-state index is 0.188. The van der Waals surface area contributed by atoms with Gasteiger partial charge >= 0.3 is 0 Å². The molecule has 0 bridgehead atoms. The summed E-state index contributed by atoms with van der Waals surface area (Å²) in [5, 5.41) is 11.3. The van der Waals surface area contributed by atoms with Crippen LogP contribution in [0.3, 0.4) is 0 Å². The fourth-order valence-corrected chi connectivity index (χ4v) is 2.18. The van der Waals surface area contributed by atoms with E-state index in [2.05, 4.69) is 0 Å². The Balaban J connectivity index is 2.80. The van der Waals surface area contributed by atoms with E-state index >= 15 is 0 Å². The molecule has 0 fully saturated rings. The Bertz CT molecular complexity index is 630. The number of carbonyl (C=O) groups is 1. The van der Waals surface area contributed by atoms with Crippen LogP contribution in [0.5, 0.6) is 5.75 Å². The van der Waals surface area contributed by atoms with Crippen molar-refractivity contribution in [1.82, 2.24) is 0 Å². The molecule has 0 aromatic heterocycles. The molecular weight excluding hydrogens is 240 g/mol. The molecule has 0 amide bonds. The van der Waals surface area contributed by atoms with Crippen LogP contribution in [0.1, 0.15) is 21.5 Å². The maximum atomic E-state index is 11.3. The van der Waals surface area contributed by atoms with Crippen LogP contribution in [0, 0.1) is 13.8 Å². The molecule has 0 saturated carbocycles. The van der Waals surface area contributed by atoms with Gasteiger partial charge in [0, 0.05) is 11.1 Å². The number of rotatable bonds is 3. The maximum absolute atomic E-state index is 11.3. The molecule has 0 atom stereocenters. The predicted octanol–water partition coefficient (Wildman–Crippen LogP) is 2.34. The van der Waals surface area contributed by atoms with Crippen molar-refractivity contribution in [3.05, 3.63) is 53.1 Å². The average Bonchev–Trinajstić information content (AvgIpc) is 2.41. The van der Waals surface area contributed by atoms with Crippen LogP contribution >= 0.6 is 0 Å². The van der Waals surface area contributed by atoms with Gasteiger partial charge in [-0.1, -0.05) is 30.3 Å². The second-order valence-corrected chi connectivity index (χ2v) is 4.42. The number of benzene rings is 2. The van der Waals surface area contributed by atoms with Crippen molar-refractivity contribution >= 4 is 5.97 Å². The minimum Gasteiger partial charge on any atom is -0.545 e. The summed E-state index contributed by atoms with van der Waals surface area (Å²) in [7, 11) is 1.57. The number of methoxy groups -OCH3 is 1. The molecule has 0 N–H and O–H groups in total. The van der Waals surface area contributed by atoms with Gasteiger partial charge in [-0.2, -0.15) is 0 Å². The summed E-state index contributed by atoms with van der Waals surface area (Å²) in [6.45, 7) is 3.86. The lowest BCUT2D eigenvalue weighted by Gasteiger charge is -2.17. The molecule has 98 valence electrons. The predicted molar refractivity (Wildman–Crippen MR) is 72.2 cm³/mol.